The van der Waals surface area contributed by atoms with Crippen LogP contribution in [0.25, 0.3) is 0 Å². The van der Waals surface area contributed by atoms with Gasteiger partial charge >= 0.3 is 6.09 Å². The molecule has 1 atom stereocenters. The Balaban J connectivity index is 2.38. The molecule has 4 nitrogen and oxygen atoms in total. The maximum absolute atomic E-state index is 11.0. The van der Waals surface area contributed by atoms with Gasteiger partial charge in [0, 0.05) is 5.71 Å². The average Bonchev–Trinajstić information content (AvgIpc) is 2.17. The molecule has 0 radical (unpaired) electrons. The molecule has 0 saturated heterocycles. The van der Waals surface area contributed by atoms with Gasteiger partial charge in [0.2, 0.25) is 0 Å². The number of nitrogens with zero attached hydrogens (tertiary/aromatic N) is 1. The second-order valence-electron chi connectivity index (χ2n) is 3.58. The van der Waals surface area contributed by atoms with Crippen molar-refractivity contribution in [3.8, 4) is 0 Å². The fourth-order valence-electron chi connectivity index (χ4n) is 1.62. The molecule has 1 saturated carbocycles. The highest BCUT2D eigenvalue weighted by Crippen LogP contribution is 2.20. The summed E-state index contributed by atoms with van der Waals surface area (Å²) in [5.41, 5.74) is 3.50. The monoisotopic (exact) mass is 198 g/mol. The molecular weight excluding hydrogens is 180 g/mol. The van der Waals surface area contributed by atoms with Crippen LogP contribution in [0.5, 0.6) is 0 Å². The molecule has 0 aliphatic heterocycles. The van der Waals surface area contributed by atoms with E-state index in [1.165, 1.54) is 19.3 Å². The van der Waals surface area contributed by atoms with E-state index < -0.39 is 6.09 Å². The Morgan fingerprint density at radius 1 is 1.64 bits per heavy atom. The van der Waals surface area contributed by atoms with Crippen molar-refractivity contribution in [3.63, 3.8) is 0 Å². The molecule has 0 heterocycles. The predicted octanol–water partition coefficient (Wildman–Crippen LogP) is 2.30. The summed E-state index contributed by atoms with van der Waals surface area (Å²) in [4.78, 5) is 11.0. The highest BCUT2D eigenvalue weighted by molar-refractivity contribution is 5.87. The Morgan fingerprint density at radius 3 is 3.07 bits per heavy atom. The number of carbonyl (C=O) groups excluding carboxylic acids is 1. The molecular formula is C10H18N2O2. The van der Waals surface area contributed by atoms with Gasteiger partial charge in [0.25, 0.3) is 0 Å². The molecule has 0 spiro atoms. The van der Waals surface area contributed by atoms with Gasteiger partial charge < -0.3 is 4.74 Å². The first-order chi connectivity index (χ1) is 6.74. The van der Waals surface area contributed by atoms with Crippen molar-refractivity contribution in [1.29, 1.82) is 0 Å². The summed E-state index contributed by atoms with van der Waals surface area (Å²) in [6.07, 6.45) is 4.14. The van der Waals surface area contributed by atoms with E-state index in [2.05, 4.69) is 17.5 Å². The number of rotatable bonds is 2. The topological polar surface area (TPSA) is 50.7 Å². The van der Waals surface area contributed by atoms with Crippen molar-refractivity contribution >= 4 is 11.8 Å². The van der Waals surface area contributed by atoms with Crippen molar-refractivity contribution in [2.45, 2.75) is 39.5 Å². The molecule has 0 aromatic rings. The Bertz CT molecular complexity index is 226. The first-order valence-corrected chi connectivity index (χ1v) is 5.23. The predicted molar refractivity (Wildman–Crippen MR) is 55.2 cm³/mol. The van der Waals surface area contributed by atoms with Crippen molar-refractivity contribution in [2.75, 3.05) is 6.61 Å². The summed E-state index contributed by atoms with van der Waals surface area (Å²) in [6.45, 7) is 4.30. The van der Waals surface area contributed by atoms with E-state index in [0.717, 1.165) is 12.1 Å². The summed E-state index contributed by atoms with van der Waals surface area (Å²) < 4.78 is 4.71. The lowest BCUT2D eigenvalue weighted by atomic mass is 9.89. The minimum atomic E-state index is -0.460. The van der Waals surface area contributed by atoms with E-state index in [1.807, 2.05) is 0 Å². The smallest absolute Gasteiger partial charge is 0.427 e. The zero-order chi connectivity index (χ0) is 10.4. The summed E-state index contributed by atoms with van der Waals surface area (Å²) in [5.74, 6) is 0.491. The van der Waals surface area contributed by atoms with E-state index in [-0.39, 0.29) is 0 Å². The van der Waals surface area contributed by atoms with Gasteiger partial charge in [-0.1, -0.05) is 13.3 Å². The maximum Gasteiger partial charge on any atom is 0.427 e. The minimum absolute atomic E-state index is 0.381. The van der Waals surface area contributed by atoms with Gasteiger partial charge in [-0.05, 0) is 32.1 Å². The van der Waals surface area contributed by atoms with Crippen molar-refractivity contribution in [1.82, 2.24) is 5.43 Å². The molecule has 4 heteroatoms. The lowest BCUT2D eigenvalue weighted by Crippen LogP contribution is -2.24. The van der Waals surface area contributed by atoms with Crippen molar-refractivity contribution < 1.29 is 9.53 Å². The largest absolute Gasteiger partial charge is 0.449 e. The number of carbonyl (C=O) groups is 1. The van der Waals surface area contributed by atoms with E-state index in [0.29, 0.717) is 12.5 Å². The summed E-state index contributed by atoms with van der Waals surface area (Å²) >= 11 is 0. The summed E-state index contributed by atoms with van der Waals surface area (Å²) in [6, 6.07) is 0. The molecule has 80 valence electrons. The van der Waals surface area contributed by atoms with Crippen LogP contribution in [0.4, 0.5) is 4.79 Å². The minimum Gasteiger partial charge on any atom is -0.449 e. The van der Waals surface area contributed by atoms with Gasteiger partial charge in [0.1, 0.15) is 0 Å². The number of ether oxygens (including phenoxy) is 1. The van der Waals surface area contributed by atoms with Crippen LogP contribution >= 0.6 is 0 Å². The number of hydrogen-bond acceptors (Lipinski definition) is 3. The Labute approximate surface area is 84.7 Å². The Morgan fingerprint density at radius 2 is 2.43 bits per heavy atom. The molecule has 0 aromatic carbocycles. The molecule has 1 fully saturated rings. The molecule has 1 aliphatic carbocycles. The quantitative estimate of drug-likeness (QED) is 0.692. The third-order valence-electron chi connectivity index (χ3n) is 2.46. The molecule has 1 amide bonds. The lowest BCUT2D eigenvalue weighted by molar-refractivity contribution is 0.152. The van der Waals surface area contributed by atoms with Crippen LogP contribution in [0.2, 0.25) is 0 Å². The van der Waals surface area contributed by atoms with E-state index >= 15 is 0 Å². The highest BCUT2D eigenvalue weighted by atomic mass is 16.5. The summed E-state index contributed by atoms with van der Waals surface area (Å²) in [7, 11) is 0. The maximum atomic E-state index is 11.0. The van der Waals surface area contributed by atoms with Crippen LogP contribution < -0.4 is 5.43 Å². The number of hydrogen-bond donors (Lipinski definition) is 1. The second kappa shape index (κ2) is 5.62. The molecule has 1 aliphatic rings. The zero-order valence-corrected chi connectivity index (χ0v) is 8.88. The lowest BCUT2D eigenvalue weighted by Gasteiger charge is -2.19. The molecule has 1 unspecified atom stereocenters. The first-order valence-electron chi connectivity index (χ1n) is 5.23. The van der Waals surface area contributed by atoms with Gasteiger partial charge in [-0.25, -0.2) is 10.2 Å². The number of nitrogens with one attached hydrogen (secondary N) is 1. The summed E-state index contributed by atoms with van der Waals surface area (Å²) in [5, 5.41) is 4.07. The number of hydrazone groups is 1. The van der Waals surface area contributed by atoms with Crippen LogP contribution in [0.15, 0.2) is 5.10 Å². The van der Waals surface area contributed by atoms with Gasteiger partial charge in [0.05, 0.1) is 6.61 Å². The van der Waals surface area contributed by atoms with Gasteiger partial charge in [-0.3, -0.25) is 0 Å². The van der Waals surface area contributed by atoms with Crippen LogP contribution in [0.3, 0.4) is 0 Å². The van der Waals surface area contributed by atoms with Crippen LogP contribution in [0, 0.1) is 5.92 Å². The third-order valence-corrected chi connectivity index (χ3v) is 2.46. The van der Waals surface area contributed by atoms with Gasteiger partial charge in [-0.2, -0.15) is 5.10 Å². The highest BCUT2D eigenvalue weighted by Gasteiger charge is 2.15. The van der Waals surface area contributed by atoms with E-state index in [1.54, 1.807) is 6.92 Å². The third kappa shape index (κ3) is 3.36. The fraction of sp³-hybridized carbons (Fsp3) is 0.800. The van der Waals surface area contributed by atoms with Gasteiger partial charge in [0.15, 0.2) is 0 Å². The van der Waals surface area contributed by atoms with Crippen LogP contribution in [-0.2, 0) is 4.74 Å². The SMILES string of the molecule is CCOC(=O)N/N=C1\CCCCC1C. The standard InChI is InChI=1S/C10H18N2O2/c1-3-14-10(13)12-11-9-7-5-4-6-8(9)2/h8H,3-7H2,1-2H3,(H,12,13)/b11-9+. The molecule has 1 rings (SSSR count). The fourth-order valence-corrected chi connectivity index (χ4v) is 1.62. The van der Waals surface area contributed by atoms with Crippen molar-refractivity contribution in [3.05, 3.63) is 0 Å². The molecule has 1 N–H and O–H groups in total. The normalized spacial score (nSPS) is 24.7. The van der Waals surface area contributed by atoms with E-state index in [9.17, 15) is 4.79 Å². The first kappa shape index (κ1) is 11.0. The van der Waals surface area contributed by atoms with Crippen LogP contribution in [0.1, 0.15) is 39.5 Å². The zero-order valence-electron chi connectivity index (χ0n) is 8.88. The number of amides is 1. The second-order valence-corrected chi connectivity index (χ2v) is 3.58. The van der Waals surface area contributed by atoms with Crippen LogP contribution in [-0.4, -0.2) is 18.4 Å². The Hall–Kier alpha value is -1.06. The van der Waals surface area contributed by atoms with Crippen molar-refractivity contribution in [2.24, 2.45) is 11.0 Å². The Kier molecular flexibility index (Phi) is 4.43. The van der Waals surface area contributed by atoms with E-state index in [4.69, 9.17) is 4.74 Å². The van der Waals surface area contributed by atoms with Gasteiger partial charge in [-0.15, -0.1) is 0 Å². The molecule has 0 bridgehead atoms. The molecule has 0 aromatic heterocycles. The average molecular weight is 198 g/mol. The molecule has 14 heavy (non-hydrogen) atoms.